The second-order valence-electron chi connectivity index (χ2n) is 7.28. The van der Waals surface area contributed by atoms with E-state index in [0.717, 1.165) is 48.6 Å². The Balaban J connectivity index is 1.78. The molecule has 0 N–H and O–H groups in total. The van der Waals surface area contributed by atoms with Crippen molar-refractivity contribution in [2.24, 2.45) is 5.92 Å². The van der Waals surface area contributed by atoms with Crippen LogP contribution in [0.3, 0.4) is 0 Å². The Bertz CT molecular complexity index is 792. The van der Waals surface area contributed by atoms with Crippen molar-refractivity contribution >= 4 is 11.7 Å². The van der Waals surface area contributed by atoms with Gasteiger partial charge < -0.3 is 0 Å². The predicted octanol–water partition coefficient (Wildman–Crippen LogP) is 7.76. The number of benzene rings is 2. The Morgan fingerprint density at radius 2 is 1.19 bits per heavy atom. The van der Waals surface area contributed by atoms with Crippen molar-refractivity contribution in [1.29, 1.82) is 0 Å². The van der Waals surface area contributed by atoms with E-state index >= 15 is 0 Å². The summed E-state index contributed by atoms with van der Waals surface area (Å²) < 4.78 is 66.6. The van der Waals surface area contributed by atoms with Gasteiger partial charge >= 0.3 is 6.18 Å². The van der Waals surface area contributed by atoms with Gasteiger partial charge in [0, 0.05) is 11.1 Å². The molecular weight excluding hydrogens is 359 g/mol. The Morgan fingerprint density at radius 1 is 0.741 bits per heavy atom. The third-order valence-electron chi connectivity index (χ3n) is 5.31. The van der Waals surface area contributed by atoms with Crippen LogP contribution in [0.1, 0.15) is 60.8 Å². The molecule has 0 atom stereocenters. The lowest BCUT2D eigenvalue weighted by Gasteiger charge is -2.26. The average Bonchev–Trinajstić information content (AvgIpc) is 2.67. The monoisotopic (exact) mass is 380 g/mol. The molecule has 1 aliphatic rings. The molecule has 0 unspecified atom stereocenters. The summed E-state index contributed by atoms with van der Waals surface area (Å²) in [5.74, 6) is -1.05. The van der Waals surface area contributed by atoms with Gasteiger partial charge in [0.1, 0.15) is 0 Å². The van der Waals surface area contributed by atoms with Gasteiger partial charge in [0.15, 0.2) is 11.7 Å². The van der Waals surface area contributed by atoms with Crippen LogP contribution in [0.25, 0.3) is 11.7 Å². The lowest BCUT2D eigenvalue weighted by Crippen LogP contribution is -2.10. The summed E-state index contributed by atoms with van der Waals surface area (Å²) in [6, 6.07) is 10.1. The van der Waals surface area contributed by atoms with Gasteiger partial charge in [-0.2, -0.15) is 13.2 Å². The molecule has 0 heterocycles. The number of halogens is 5. The molecule has 2 aromatic carbocycles. The van der Waals surface area contributed by atoms with Crippen LogP contribution in [-0.4, -0.2) is 0 Å². The topological polar surface area (TPSA) is 0 Å². The van der Waals surface area contributed by atoms with Crippen molar-refractivity contribution in [2.75, 3.05) is 0 Å². The molecule has 0 saturated heterocycles. The molecule has 144 valence electrons. The zero-order chi connectivity index (χ0) is 19.6. The Hall–Kier alpha value is -2.17. The standard InChI is InChI=1S/C22H21F5/c1-14-2-4-15(5-3-14)16-6-8-17(9-7-16)20(23)21(24)18-10-12-19(13-11-18)22(25,26)27/h6-15H,2-5H2,1H3/t14-,15-. The fraction of sp³-hybridized carbons (Fsp3) is 0.364. The zero-order valence-electron chi connectivity index (χ0n) is 15.0. The van der Waals surface area contributed by atoms with Gasteiger partial charge in [-0.1, -0.05) is 56.2 Å². The summed E-state index contributed by atoms with van der Waals surface area (Å²) in [5.41, 5.74) is 0.0881. The predicted molar refractivity (Wildman–Crippen MR) is 97.3 cm³/mol. The first-order valence-corrected chi connectivity index (χ1v) is 9.09. The van der Waals surface area contributed by atoms with Crippen molar-refractivity contribution < 1.29 is 22.0 Å². The molecular formula is C22H21F5. The Kier molecular flexibility index (Phi) is 5.68. The summed E-state index contributed by atoms with van der Waals surface area (Å²) in [4.78, 5) is 0. The van der Waals surface area contributed by atoms with Crippen LogP contribution in [0.15, 0.2) is 48.5 Å². The van der Waals surface area contributed by atoms with Crippen LogP contribution in [0.5, 0.6) is 0 Å². The van der Waals surface area contributed by atoms with Crippen LogP contribution < -0.4 is 0 Å². The van der Waals surface area contributed by atoms with Crippen molar-refractivity contribution in [3.63, 3.8) is 0 Å². The molecule has 0 bridgehead atoms. The highest BCUT2D eigenvalue weighted by Crippen LogP contribution is 2.37. The third kappa shape index (κ3) is 4.57. The lowest BCUT2D eigenvalue weighted by molar-refractivity contribution is -0.137. The largest absolute Gasteiger partial charge is 0.416 e. The fourth-order valence-corrected chi connectivity index (χ4v) is 3.55. The maximum Gasteiger partial charge on any atom is 0.416 e. The summed E-state index contributed by atoms with van der Waals surface area (Å²) in [5, 5.41) is 0. The Morgan fingerprint density at radius 3 is 1.63 bits per heavy atom. The average molecular weight is 380 g/mol. The van der Waals surface area contributed by atoms with Gasteiger partial charge in [0.25, 0.3) is 0 Å². The molecule has 0 aliphatic heterocycles. The molecule has 0 aromatic heterocycles. The molecule has 0 spiro atoms. The van der Waals surface area contributed by atoms with Crippen molar-refractivity contribution in [3.05, 3.63) is 70.8 Å². The van der Waals surface area contributed by atoms with E-state index in [-0.39, 0.29) is 11.1 Å². The van der Waals surface area contributed by atoms with Crippen LogP contribution >= 0.6 is 0 Å². The first-order chi connectivity index (χ1) is 12.8. The highest BCUT2D eigenvalue weighted by atomic mass is 19.4. The van der Waals surface area contributed by atoms with Gasteiger partial charge in [0.05, 0.1) is 5.56 Å². The van der Waals surface area contributed by atoms with E-state index in [1.807, 2.05) is 12.1 Å². The first-order valence-electron chi connectivity index (χ1n) is 9.09. The minimum absolute atomic E-state index is 0.0836. The van der Waals surface area contributed by atoms with E-state index < -0.39 is 23.4 Å². The molecule has 27 heavy (non-hydrogen) atoms. The van der Waals surface area contributed by atoms with E-state index in [9.17, 15) is 22.0 Å². The third-order valence-corrected chi connectivity index (χ3v) is 5.31. The number of hydrogen-bond acceptors (Lipinski definition) is 0. The fourth-order valence-electron chi connectivity index (χ4n) is 3.55. The quantitative estimate of drug-likeness (QED) is 0.377. The minimum atomic E-state index is -4.51. The maximum atomic E-state index is 14.5. The van der Waals surface area contributed by atoms with Gasteiger partial charge in [0.2, 0.25) is 0 Å². The summed E-state index contributed by atoms with van der Waals surface area (Å²) in [6.45, 7) is 2.24. The zero-order valence-corrected chi connectivity index (χ0v) is 15.0. The number of hydrogen-bond donors (Lipinski definition) is 0. The SMILES string of the molecule is C[C@H]1CC[C@H](c2ccc(C(F)=C(F)c3ccc(C(F)(F)F)cc3)cc2)CC1. The van der Waals surface area contributed by atoms with Crippen molar-refractivity contribution in [1.82, 2.24) is 0 Å². The second kappa shape index (κ2) is 7.83. The van der Waals surface area contributed by atoms with E-state index in [1.165, 1.54) is 25.0 Å². The minimum Gasteiger partial charge on any atom is -0.203 e. The molecule has 0 nitrogen and oxygen atoms in total. The van der Waals surface area contributed by atoms with Crippen molar-refractivity contribution in [3.8, 4) is 0 Å². The molecule has 0 radical (unpaired) electrons. The van der Waals surface area contributed by atoms with Gasteiger partial charge in [-0.25, -0.2) is 8.78 Å². The summed E-state index contributed by atoms with van der Waals surface area (Å²) >= 11 is 0. The van der Waals surface area contributed by atoms with Gasteiger partial charge in [-0.05, 0) is 42.4 Å². The van der Waals surface area contributed by atoms with Crippen LogP contribution in [0.2, 0.25) is 0 Å². The normalized spacial score (nSPS) is 21.7. The van der Waals surface area contributed by atoms with Crippen molar-refractivity contribution in [2.45, 2.75) is 44.7 Å². The lowest BCUT2D eigenvalue weighted by atomic mass is 9.79. The number of rotatable bonds is 3. The molecule has 1 aliphatic carbocycles. The van der Waals surface area contributed by atoms with Crippen LogP contribution in [0, 0.1) is 5.92 Å². The summed E-state index contributed by atoms with van der Waals surface area (Å²) in [7, 11) is 0. The molecule has 5 heteroatoms. The van der Waals surface area contributed by atoms with E-state index in [1.54, 1.807) is 0 Å². The van der Waals surface area contributed by atoms with Gasteiger partial charge in [-0.15, -0.1) is 0 Å². The van der Waals surface area contributed by atoms with Crippen LogP contribution in [-0.2, 0) is 6.18 Å². The van der Waals surface area contributed by atoms with E-state index in [4.69, 9.17) is 0 Å². The second-order valence-corrected chi connectivity index (χ2v) is 7.28. The highest BCUT2D eigenvalue weighted by molar-refractivity contribution is 5.83. The van der Waals surface area contributed by atoms with E-state index in [0.29, 0.717) is 5.92 Å². The number of alkyl halides is 3. The highest BCUT2D eigenvalue weighted by Gasteiger charge is 2.30. The Labute approximate surface area is 155 Å². The van der Waals surface area contributed by atoms with E-state index in [2.05, 4.69) is 6.92 Å². The van der Waals surface area contributed by atoms with Crippen LogP contribution in [0.4, 0.5) is 22.0 Å². The summed E-state index contributed by atoms with van der Waals surface area (Å²) in [6.07, 6.45) is 0.0218. The maximum absolute atomic E-state index is 14.5. The molecule has 1 saturated carbocycles. The smallest absolute Gasteiger partial charge is 0.203 e. The van der Waals surface area contributed by atoms with Gasteiger partial charge in [-0.3, -0.25) is 0 Å². The molecule has 3 rings (SSSR count). The molecule has 1 fully saturated rings. The molecule has 0 amide bonds. The first kappa shape index (κ1) is 19.6. The molecule has 2 aromatic rings.